The highest BCUT2D eigenvalue weighted by atomic mass is 32.2. The molecule has 0 aromatic carbocycles. The molecule has 0 radical (unpaired) electrons. The molecule has 0 saturated heterocycles. The summed E-state index contributed by atoms with van der Waals surface area (Å²) in [4.78, 5) is 3.31. The van der Waals surface area contributed by atoms with Crippen LogP contribution >= 0.6 is 11.3 Å². The minimum Gasteiger partial charge on any atom is -0.312 e. The van der Waals surface area contributed by atoms with Crippen molar-refractivity contribution in [2.75, 3.05) is 26.7 Å². The van der Waals surface area contributed by atoms with E-state index < -0.39 is 10.0 Å². The average molecular weight is 332 g/mol. The predicted molar refractivity (Wildman–Crippen MR) is 87.3 cm³/mol. The Morgan fingerprint density at radius 1 is 1.43 bits per heavy atom. The Morgan fingerprint density at radius 2 is 2.14 bits per heavy atom. The molecule has 2 N–H and O–H groups in total. The summed E-state index contributed by atoms with van der Waals surface area (Å²) in [5.41, 5.74) is 1.04. The number of aryl methyl sites for hydroxylation is 1. The summed E-state index contributed by atoms with van der Waals surface area (Å²) >= 11 is 1.36. The molecule has 1 aromatic rings. The molecule has 0 bridgehead atoms. The Morgan fingerprint density at radius 3 is 2.76 bits per heavy atom. The Labute approximate surface area is 131 Å². The lowest BCUT2D eigenvalue weighted by atomic mass is 10.3. The fourth-order valence-electron chi connectivity index (χ4n) is 2.16. The quantitative estimate of drug-likeness (QED) is 0.720. The zero-order valence-electron chi connectivity index (χ0n) is 13.0. The fourth-order valence-corrected chi connectivity index (χ4v) is 4.78. The highest BCUT2D eigenvalue weighted by Crippen LogP contribution is 2.26. The molecule has 0 spiro atoms. The SMILES string of the molecule is CCNCc1sc(S(=O)(=O)NCCN(C)C2CC2)cc1C. The molecule has 2 rings (SSSR count). The molecule has 0 amide bonds. The van der Waals surface area contributed by atoms with Gasteiger partial charge in [0, 0.05) is 30.6 Å². The van der Waals surface area contributed by atoms with Crippen LogP contribution < -0.4 is 10.0 Å². The van der Waals surface area contributed by atoms with Crippen LogP contribution in [0.25, 0.3) is 0 Å². The summed E-state index contributed by atoms with van der Waals surface area (Å²) in [5, 5.41) is 3.24. The third kappa shape index (κ3) is 4.75. The smallest absolute Gasteiger partial charge is 0.250 e. The van der Waals surface area contributed by atoms with Crippen LogP contribution in [0.2, 0.25) is 0 Å². The summed E-state index contributed by atoms with van der Waals surface area (Å²) in [5.74, 6) is 0. The van der Waals surface area contributed by atoms with E-state index in [0.717, 1.165) is 30.1 Å². The molecule has 21 heavy (non-hydrogen) atoms. The Hall–Kier alpha value is -0.470. The van der Waals surface area contributed by atoms with Crippen LogP contribution in [-0.4, -0.2) is 46.0 Å². The lowest BCUT2D eigenvalue weighted by molar-refractivity contribution is 0.329. The molecule has 1 aliphatic carbocycles. The molecule has 1 saturated carbocycles. The van der Waals surface area contributed by atoms with Crippen LogP contribution in [0.5, 0.6) is 0 Å². The van der Waals surface area contributed by atoms with E-state index in [4.69, 9.17) is 0 Å². The third-order valence-corrected chi connectivity index (χ3v) is 6.90. The first-order chi connectivity index (χ1) is 9.94. The van der Waals surface area contributed by atoms with Gasteiger partial charge in [-0.1, -0.05) is 6.92 Å². The second kappa shape index (κ2) is 7.19. The highest BCUT2D eigenvalue weighted by Gasteiger charge is 2.26. The molecule has 1 fully saturated rings. The van der Waals surface area contributed by atoms with E-state index in [1.165, 1.54) is 24.2 Å². The van der Waals surface area contributed by atoms with Crippen LogP contribution in [0, 0.1) is 6.92 Å². The maximum atomic E-state index is 12.3. The van der Waals surface area contributed by atoms with Crippen LogP contribution in [0.1, 0.15) is 30.2 Å². The normalized spacial score (nSPS) is 15.8. The van der Waals surface area contributed by atoms with Crippen molar-refractivity contribution in [2.45, 2.75) is 43.5 Å². The van der Waals surface area contributed by atoms with E-state index in [2.05, 4.69) is 22.0 Å². The molecule has 1 aromatic heterocycles. The van der Waals surface area contributed by atoms with E-state index in [9.17, 15) is 8.42 Å². The van der Waals surface area contributed by atoms with Crippen LogP contribution in [0.4, 0.5) is 0 Å². The molecular formula is C14H25N3O2S2. The number of hydrogen-bond donors (Lipinski definition) is 2. The van der Waals surface area contributed by atoms with Gasteiger partial charge in [0.1, 0.15) is 4.21 Å². The lowest BCUT2D eigenvalue weighted by Gasteiger charge is -2.15. The third-order valence-electron chi connectivity index (χ3n) is 3.73. The number of hydrogen-bond acceptors (Lipinski definition) is 5. The molecule has 5 nitrogen and oxygen atoms in total. The van der Waals surface area contributed by atoms with Crippen LogP contribution in [-0.2, 0) is 16.6 Å². The van der Waals surface area contributed by atoms with Gasteiger partial charge in [-0.05, 0) is 45.0 Å². The number of thiophene rings is 1. The first kappa shape index (κ1) is 16.9. The van der Waals surface area contributed by atoms with Gasteiger partial charge in [0.05, 0.1) is 0 Å². The molecule has 0 atom stereocenters. The van der Waals surface area contributed by atoms with Gasteiger partial charge in [-0.25, -0.2) is 13.1 Å². The predicted octanol–water partition coefficient (Wildman–Crippen LogP) is 1.54. The number of rotatable bonds is 9. The molecule has 0 unspecified atom stereocenters. The minimum absolute atomic E-state index is 0.418. The van der Waals surface area contributed by atoms with E-state index in [-0.39, 0.29) is 0 Å². The number of nitrogens with zero attached hydrogens (tertiary/aromatic N) is 1. The van der Waals surface area contributed by atoms with E-state index in [1.807, 2.05) is 13.8 Å². The van der Waals surface area contributed by atoms with Gasteiger partial charge < -0.3 is 10.2 Å². The maximum absolute atomic E-state index is 12.3. The van der Waals surface area contributed by atoms with E-state index >= 15 is 0 Å². The zero-order chi connectivity index (χ0) is 15.5. The van der Waals surface area contributed by atoms with Crippen molar-refractivity contribution in [3.05, 3.63) is 16.5 Å². The summed E-state index contributed by atoms with van der Waals surface area (Å²) < 4.78 is 27.7. The lowest BCUT2D eigenvalue weighted by Crippen LogP contribution is -2.33. The van der Waals surface area contributed by atoms with Crippen molar-refractivity contribution in [3.8, 4) is 0 Å². The Balaban J connectivity index is 1.91. The van der Waals surface area contributed by atoms with Gasteiger partial charge in [-0.3, -0.25) is 0 Å². The summed E-state index contributed by atoms with van der Waals surface area (Å²) in [7, 11) is -1.32. The highest BCUT2D eigenvalue weighted by molar-refractivity contribution is 7.91. The first-order valence-corrected chi connectivity index (χ1v) is 9.74. The minimum atomic E-state index is -3.37. The Bertz CT molecular complexity index is 565. The average Bonchev–Trinajstić information content (AvgIpc) is 3.20. The monoisotopic (exact) mass is 331 g/mol. The van der Waals surface area contributed by atoms with Gasteiger partial charge >= 0.3 is 0 Å². The molecule has 0 aliphatic heterocycles. The van der Waals surface area contributed by atoms with Crippen molar-refractivity contribution >= 4 is 21.4 Å². The second-order valence-corrected chi connectivity index (χ2v) is 8.69. The van der Waals surface area contributed by atoms with Crippen LogP contribution in [0.15, 0.2) is 10.3 Å². The van der Waals surface area contributed by atoms with Gasteiger partial charge in [0.2, 0.25) is 10.0 Å². The van der Waals surface area contributed by atoms with E-state index in [0.29, 0.717) is 16.8 Å². The van der Waals surface area contributed by atoms with Gasteiger partial charge in [-0.2, -0.15) is 0 Å². The summed E-state index contributed by atoms with van der Waals surface area (Å²) in [6, 6.07) is 2.43. The van der Waals surface area contributed by atoms with Crippen molar-refractivity contribution in [2.24, 2.45) is 0 Å². The van der Waals surface area contributed by atoms with Crippen molar-refractivity contribution in [1.29, 1.82) is 0 Å². The summed E-state index contributed by atoms with van der Waals surface area (Å²) in [6.45, 7) is 6.84. The largest absolute Gasteiger partial charge is 0.312 e. The number of likely N-dealkylation sites (N-methyl/N-ethyl adjacent to an activating group) is 1. The molecule has 7 heteroatoms. The van der Waals surface area contributed by atoms with Gasteiger partial charge in [-0.15, -0.1) is 11.3 Å². The molecule has 1 heterocycles. The van der Waals surface area contributed by atoms with Crippen LogP contribution in [0.3, 0.4) is 0 Å². The second-order valence-electron chi connectivity index (χ2n) is 5.56. The maximum Gasteiger partial charge on any atom is 0.250 e. The zero-order valence-corrected chi connectivity index (χ0v) is 14.6. The van der Waals surface area contributed by atoms with Gasteiger partial charge in [0.25, 0.3) is 0 Å². The summed E-state index contributed by atoms with van der Waals surface area (Å²) in [6.07, 6.45) is 2.47. The standard InChI is InChI=1S/C14H25N3O2S2/c1-4-15-10-13-11(2)9-14(20-13)21(18,19)16-7-8-17(3)12-5-6-12/h9,12,15-16H,4-8,10H2,1-3H3. The fraction of sp³-hybridized carbons (Fsp3) is 0.714. The molecular weight excluding hydrogens is 306 g/mol. The van der Waals surface area contributed by atoms with Crippen molar-refractivity contribution in [1.82, 2.24) is 14.9 Å². The van der Waals surface area contributed by atoms with Gasteiger partial charge in [0.15, 0.2) is 0 Å². The first-order valence-electron chi connectivity index (χ1n) is 7.44. The number of sulfonamides is 1. The number of nitrogens with one attached hydrogen (secondary N) is 2. The van der Waals surface area contributed by atoms with Crippen molar-refractivity contribution < 1.29 is 8.42 Å². The Kier molecular flexibility index (Phi) is 5.79. The molecule has 1 aliphatic rings. The molecule has 120 valence electrons. The van der Waals surface area contributed by atoms with Crippen molar-refractivity contribution in [3.63, 3.8) is 0 Å². The van der Waals surface area contributed by atoms with E-state index in [1.54, 1.807) is 6.07 Å². The topological polar surface area (TPSA) is 61.4 Å².